The second-order valence-electron chi connectivity index (χ2n) is 8.03. The van der Waals surface area contributed by atoms with E-state index in [-0.39, 0.29) is 18.4 Å². The van der Waals surface area contributed by atoms with Crippen LogP contribution in [0.25, 0.3) is 0 Å². The zero-order valence-electron chi connectivity index (χ0n) is 19.8. The summed E-state index contributed by atoms with van der Waals surface area (Å²) in [6, 6.07) is 21.9. The molecular formula is C26H30N2O5S. The fraction of sp³-hybridized carbons (Fsp3) is 0.269. The smallest absolute Gasteiger partial charge is 0.251 e. The normalized spacial score (nSPS) is 12.0. The molecule has 0 saturated carbocycles. The van der Waals surface area contributed by atoms with Crippen molar-refractivity contribution in [2.45, 2.75) is 19.4 Å². The topological polar surface area (TPSA) is 84.9 Å². The minimum atomic E-state index is -3.61. The molecule has 0 bridgehead atoms. The second-order valence-corrected chi connectivity index (χ2v) is 9.93. The molecule has 0 unspecified atom stereocenters. The van der Waals surface area contributed by atoms with Crippen LogP contribution in [0.15, 0.2) is 72.8 Å². The summed E-state index contributed by atoms with van der Waals surface area (Å²) in [5, 5.41) is 2.96. The zero-order valence-corrected chi connectivity index (χ0v) is 20.6. The molecule has 0 heterocycles. The van der Waals surface area contributed by atoms with Crippen LogP contribution < -0.4 is 19.1 Å². The molecule has 7 nitrogen and oxygen atoms in total. The Hall–Kier alpha value is -3.52. The molecule has 0 aliphatic carbocycles. The predicted octanol–water partition coefficient (Wildman–Crippen LogP) is 4.20. The van der Waals surface area contributed by atoms with Gasteiger partial charge in [-0.3, -0.25) is 9.10 Å². The first-order valence-electron chi connectivity index (χ1n) is 10.8. The van der Waals surface area contributed by atoms with Crippen molar-refractivity contribution in [1.82, 2.24) is 5.32 Å². The number of rotatable bonds is 10. The van der Waals surface area contributed by atoms with E-state index in [1.807, 2.05) is 30.3 Å². The summed E-state index contributed by atoms with van der Waals surface area (Å²) in [5.74, 6) is 0.956. The van der Waals surface area contributed by atoms with Gasteiger partial charge in [0.25, 0.3) is 5.91 Å². The van der Waals surface area contributed by atoms with E-state index < -0.39 is 10.0 Å². The summed E-state index contributed by atoms with van der Waals surface area (Å²) < 4.78 is 37.0. The highest BCUT2D eigenvalue weighted by molar-refractivity contribution is 7.92. The highest BCUT2D eigenvalue weighted by atomic mass is 32.2. The van der Waals surface area contributed by atoms with Crippen LogP contribution in [-0.2, 0) is 16.6 Å². The number of nitrogens with zero attached hydrogens (tertiary/aromatic N) is 1. The van der Waals surface area contributed by atoms with Crippen LogP contribution in [-0.4, -0.2) is 41.3 Å². The molecule has 1 atom stereocenters. The van der Waals surface area contributed by atoms with Gasteiger partial charge in [-0.2, -0.15) is 0 Å². The lowest BCUT2D eigenvalue weighted by molar-refractivity contribution is 0.0951. The Bertz CT molecular complexity index is 1210. The van der Waals surface area contributed by atoms with Gasteiger partial charge >= 0.3 is 0 Å². The summed E-state index contributed by atoms with van der Waals surface area (Å²) in [7, 11) is -0.599. The number of carbonyl (C=O) groups excluding carboxylic acids is 1. The SMILES string of the molecule is COc1ccc(N(Cc2ccc(C(=O)NC[C@@H](C)c3ccccc3)cc2)S(C)(=O)=O)c(OC)c1. The maximum atomic E-state index is 12.6. The lowest BCUT2D eigenvalue weighted by Gasteiger charge is -2.24. The maximum absolute atomic E-state index is 12.6. The highest BCUT2D eigenvalue weighted by Crippen LogP contribution is 2.34. The van der Waals surface area contributed by atoms with Crippen molar-refractivity contribution in [2.24, 2.45) is 0 Å². The maximum Gasteiger partial charge on any atom is 0.251 e. The molecule has 34 heavy (non-hydrogen) atoms. The minimum absolute atomic E-state index is 0.0917. The highest BCUT2D eigenvalue weighted by Gasteiger charge is 2.22. The van der Waals surface area contributed by atoms with Crippen molar-refractivity contribution < 1.29 is 22.7 Å². The number of methoxy groups -OCH3 is 2. The first-order valence-corrected chi connectivity index (χ1v) is 12.7. The Labute approximate surface area is 201 Å². The molecule has 0 fully saturated rings. The Balaban J connectivity index is 1.72. The number of hydrogen-bond acceptors (Lipinski definition) is 5. The van der Waals surface area contributed by atoms with Gasteiger partial charge in [-0.1, -0.05) is 49.4 Å². The molecular weight excluding hydrogens is 452 g/mol. The van der Waals surface area contributed by atoms with E-state index in [1.165, 1.54) is 18.5 Å². The number of carbonyl (C=O) groups is 1. The number of sulfonamides is 1. The average Bonchev–Trinajstić information content (AvgIpc) is 2.85. The first-order chi connectivity index (χ1) is 16.2. The van der Waals surface area contributed by atoms with Gasteiger partial charge in [0, 0.05) is 18.2 Å². The van der Waals surface area contributed by atoms with E-state index >= 15 is 0 Å². The second kappa shape index (κ2) is 11.1. The van der Waals surface area contributed by atoms with Gasteiger partial charge in [-0.25, -0.2) is 8.42 Å². The van der Waals surface area contributed by atoms with E-state index in [2.05, 4.69) is 12.2 Å². The molecule has 1 N–H and O–H groups in total. The Morgan fingerprint density at radius 2 is 1.65 bits per heavy atom. The fourth-order valence-corrected chi connectivity index (χ4v) is 4.44. The lowest BCUT2D eigenvalue weighted by Crippen LogP contribution is -2.30. The monoisotopic (exact) mass is 482 g/mol. The fourth-order valence-electron chi connectivity index (χ4n) is 3.55. The molecule has 3 aromatic rings. The molecule has 0 aliphatic heterocycles. The number of nitrogens with one attached hydrogen (secondary N) is 1. The van der Waals surface area contributed by atoms with Crippen LogP contribution in [0.5, 0.6) is 11.5 Å². The van der Waals surface area contributed by atoms with Gasteiger partial charge in [0.05, 0.1) is 32.7 Å². The van der Waals surface area contributed by atoms with Gasteiger partial charge in [0.15, 0.2) is 0 Å². The van der Waals surface area contributed by atoms with Crippen molar-refractivity contribution in [3.63, 3.8) is 0 Å². The van der Waals surface area contributed by atoms with Crippen LogP contribution in [0.1, 0.15) is 34.3 Å². The lowest BCUT2D eigenvalue weighted by atomic mass is 10.0. The third-order valence-corrected chi connectivity index (χ3v) is 6.66. The Kier molecular flexibility index (Phi) is 8.17. The largest absolute Gasteiger partial charge is 0.497 e. The number of ether oxygens (including phenoxy) is 2. The van der Waals surface area contributed by atoms with E-state index in [4.69, 9.17) is 9.47 Å². The van der Waals surface area contributed by atoms with Crippen LogP contribution in [0.2, 0.25) is 0 Å². The van der Waals surface area contributed by atoms with Crippen molar-refractivity contribution in [1.29, 1.82) is 0 Å². The third kappa shape index (κ3) is 6.29. The Morgan fingerprint density at radius 1 is 0.971 bits per heavy atom. The number of anilines is 1. The van der Waals surface area contributed by atoms with Crippen LogP contribution >= 0.6 is 0 Å². The summed E-state index contributed by atoms with van der Waals surface area (Å²) in [5.41, 5.74) is 2.81. The molecule has 180 valence electrons. The third-order valence-electron chi connectivity index (χ3n) is 5.54. The van der Waals surface area contributed by atoms with Crippen LogP contribution in [0.4, 0.5) is 5.69 Å². The van der Waals surface area contributed by atoms with Crippen molar-refractivity contribution in [3.8, 4) is 11.5 Å². The van der Waals surface area contributed by atoms with Gasteiger partial charge in [-0.15, -0.1) is 0 Å². The van der Waals surface area contributed by atoms with Gasteiger partial charge in [0.1, 0.15) is 11.5 Å². The molecule has 3 rings (SSSR count). The quantitative estimate of drug-likeness (QED) is 0.468. The Morgan fingerprint density at radius 3 is 2.24 bits per heavy atom. The predicted molar refractivity (Wildman–Crippen MR) is 134 cm³/mol. The van der Waals surface area contributed by atoms with Gasteiger partial charge < -0.3 is 14.8 Å². The van der Waals surface area contributed by atoms with Crippen LogP contribution in [0, 0.1) is 0 Å². The van der Waals surface area contributed by atoms with E-state index in [0.29, 0.717) is 29.3 Å². The van der Waals surface area contributed by atoms with Crippen molar-refractivity contribution >= 4 is 21.6 Å². The van der Waals surface area contributed by atoms with Crippen molar-refractivity contribution in [3.05, 3.63) is 89.5 Å². The van der Waals surface area contributed by atoms with Gasteiger partial charge in [-0.05, 0) is 41.3 Å². The number of hydrogen-bond donors (Lipinski definition) is 1. The zero-order chi connectivity index (χ0) is 24.7. The molecule has 1 amide bonds. The average molecular weight is 483 g/mol. The number of benzene rings is 3. The van der Waals surface area contributed by atoms with E-state index in [1.54, 1.807) is 42.5 Å². The van der Waals surface area contributed by atoms with E-state index in [0.717, 1.165) is 17.4 Å². The standard InChI is InChI=1S/C26H30N2O5S/c1-19(21-8-6-5-7-9-21)17-27-26(29)22-12-10-20(11-13-22)18-28(34(4,30)31)24-15-14-23(32-2)16-25(24)33-3/h5-16,19H,17-18H2,1-4H3,(H,27,29)/t19-/m1/s1. The van der Waals surface area contributed by atoms with E-state index in [9.17, 15) is 13.2 Å². The summed E-state index contributed by atoms with van der Waals surface area (Å²) in [6.45, 7) is 2.67. The molecule has 0 radical (unpaired) electrons. The summed E-state index contributed by atoms with van der Waals surface area (Å²) in [4.78, 5) is 12.6. The molecule has 0 saturated heterocycles. The molecule has 0 spiro atoms. The molecule has 3 aromatic carbocycles. The molecule has 0 aromatic heterocycles. The van der Waals surface area contributed by atoms with Crippen molar-refractivity contribution in [2.75, 3.05) is 31.3 Å². The van der Waals surface area contributed by atoms with Crippen LogP contribution in [0.3, 0.4) is 0 Å². The molecule has 0 aliphatic rings. The number of amides is 1. The summed E-state index contributed by atoms with van der Waals surface area (Å²) >= 11 is 0. The van der Waals surface area contributed by atoms with Gasteiger partial charge in [0.2, 0.25) is 10.0 Å². The molecule has 8 heteroatoms. The first kappa shape index (κ1) is 25.1. The summed E-state index contributed by atoms with van der Waals surface area (Å²) in [6.07, 6.45) is 1.15. The minimum Gasteiger partial charge on any atom is -0.497 e.